The van der Waals surface area contributed by atoms with Crippen LogP contribution in [0.25, 0.3) is 0 Å². The summed E-state index contributed by atoms with van der Waals surface area (Å²) in [6.07, 6.45) is 17.7. The van der Waals surface area contributed by atoms with E-state index in [1.54, 1.807) is 0 Å². The van der Waals surface area contributed by atoms with Crippen molar-refractivity contribution >= 4 is 0 Å². The van der Waals surface area contributed by atoms with Gasteiger partial charge in [-0.15, -0.1) is 5.73 Å². The van der Waals surface area contributed by atoms with Gasteiger partial charge in [0, 0.05) is 0 Å². The highest BCUT2D eigenvalue weighted by Gasteiger charge is 1.87. The molecule has 0 saturated heterocycles. The molecule has 0 aliphatic rings. The van der Waals surface area contributed by atoms with Gasteiger partial charge in [0.2, 0.25) is 0 Å². The Bertz CT molecular complexity index is 161. The first-order valence-electron chi connectivity index (χ1n) is 6.81. The molecule has 0 aromatic rings. The first-order valence-corrected chi connectivity index (χ1v) is 6.81. The summed E-state index contributed by atoms with van der Waals surface area (Å²) < 4.78 is 0. The zero-order valence-corrected chi connectivity index (χ0v) is 10.7. The largest absolute Gasteiger partial charge is 0.130 e. The summed E-state index contributed by atoms with van der Waals surface area (Å²) in [7, 11) is 0. The summed E-state index contributed by atoms with van der Waals surface area (Å²) in [6, 6.07) is 0. The molecule has 0 nitrogen and oxygen atoms in total. The van der Waals surface area contributed by atoms with Crippen LogP contribution in [0.2, 0.25) is 0 Å². The van der Waals surface area contributed by atoms with E-state index in [-0.39, 0.29) is 0 Å². The second-order valence-electron chi connectivity index (χ2n) is 4.27. The molecule has 0 heteroatoms. The summed E-state index contributed by atoms with van der Waals surface area (Å²) in [5.41, 5.74) is 3.27. The van der Waals surface area contributed by atoms with Crippen LogP contribution in [0, 0.1) is 0 Å². The number of hydrogen-bond acceptors (Lipinski definition) is 0. The molecule has 0 amide bonds. The van der Waals surface area contributed by atoms with Crippen molar-refractivity contribution in [2.75, 3.05) is 0 Å². The van der Waals surface area contributed by atoms with Crippen LogP contribution in [-0.2, 0) is 0 Å². The van der Waals surface area contributed by atoms with Crippen LogP contribution < -0.4 is 0 Å². The summed E-state index contributed by atoms with van der Waals surface area (Å²) in [5, 5.41) is 0. The van der Waals surface area contributed by atoms with Crippen molar-refractivity contribution < 1.29 is 0 Å². The normalized spacial score (nSPS) is 9.73. The minimum atomic E-state index is 1.20. The van der Waals surface area contributed by atoms with E-state index in [1.807, 2.05) is 0 Å². The molecule has 0 aliphatic carbocycles. The maximum absolute atomic E-state index is 3.27. The molecule has 0 atom stereocenters. The van der Waals surface area contributed by atoms with Crippen LogP contribution in [0.15, 0.2) is 17.9 Å². The van der Waals surface area contributed by atoms with E-state index in [4.69, 9.17) is 0 Å². The molecule has 0 unspecified atom stereocenters. The van der Waals surface area contributed by atoms with Gasteiger partial charge in [-0.1, -0.05) is 52.4 Å². The average molecular weight is 208 g/mol. The standard InChI is InChI=1S/C15H28/c1-3-5-7-9-11-13-15-14-12-10-8-6-4-2/h9,13H,3-8,10,12,14-15H2,1-2H3. The Morgan fingerprint density at radius 3 is 1.87 bits per heavy atom. The molecular formula is C15H28. The van der Waals surface area contributed by atoms with Crippen LogP contribution >= 0.6 is 0 Å². The summed E-state index contributed by atoms with van der Waals surface area (Å²) in [4.78, 5) is 0. The first kappa shape index (κ1) is 14.5. The van der Waals surface area contributed by atoms with Gasteiger partial charge in [0.1, 0.15) is 0 Å². The van der Waals surface area contributed by atoms with Crippen LogP contribution in [0.3, 0.4) is 0 Å². The molecular weight excluding hydrogens is 180 g/mol. The van der Waals surface area contributed by atoms with E-state index in [9.17, 15) is 0 Å². The maximum Gasteiger partial charge on any atom is -0.0274 e. The van der Waals surface area contributed by atoms with Crippen LogP contribution in [0.5, 0.6) is 0 Å². The average Bonchev–Trinajstić information content (AvgIpc) is 2.26. The molecule has 88 valence electrons. The van der Waals surface area contributed by atoms with E-state index >= 15 is 0 Å². The van der Waals surface area contributed by atoms with Gasteiger partial charge in [-0.25, -0.2) is 0 Å². The summed E-state index contributed by atoms with van der Waals surface area (Å²) >= 11 is 0. The molecule has 0 saturated carbocycles. The van der Waals surface area contributed by atoms with Crippen LogP contribution in [0.1, 0.15) is 78.1 Å². The van der Waals surface area contributed by atoms with Crippen molar-refractivity contribution in [2.24, 2.45) is 0 Å². The Balaban J connectivity index is 3.12. The smallest absolute Gasteiger partial charge is 0.0274 e. The van der Waals surface area contributed by atoms with Crippen molar-refractivity contribution in [3.8, 4) is 0 Å². The van der Waals surface area contributed by atoms with Crippen molar-refractivity contribution in [3.63, 3.8) is 0 Å². The topological polar surface area (TPSA) is 0 Å². The SMILES string of the molecule is CCCCC=C=CCCCCCCCC. The Morgan fingerprint density at radius 2 is 1.20 bits per heavy atom. The molecule has 0 heterocycles. The molecule has 0 aromatic carbocycles. The van der Waals surface area contributed by atoms with Gasteiger partial charge in [-0.05, 0) is 37.8 Å². The van der Waals surface area contributed by atoms with Crippen LogP contribution in [0.4, 0.5) is 0 Å². The van der Waals surface area contributed by atoms with E-state index in [1.165, 1.54) is 64.2 Å². The van der Waals surface area contributed by atoms with Gasteiger partial charge >= 0.3 is 0 Å². The fourth-order valence-corrected chi connectivity index (χ4v) is 1.58. The maximum atomic E-state index is 3.27. The third kappa shape index (κ3) is 13.5. The van der Waals surface area contributed by atoms with Crippen LogP contribution in [-0.4, -0.2) is 0 Å². The molecule has 0 aliphatic heterocycles. The van der Waals surface area contributed by atoms with Gasteiger partial charge in [-0.2, -0.15) is 0 Å². The highest BCUT2D eigenvalue weighted by molar-refractivity contribution is 4.84. The van der Waals surface area contributed by atoms with Gasteiger partial charge in [-0.3, -0.25) is 0 Å². The lowest BCUT2D eigenvalue weighted by Gasteiger charge is -1.96. The number of allylic oxidation sites excluding steroid dienone is 1. The molecule has 0 N–H and O–H groups in total. The highest BCUT2D eigenvalue weighted by Crippen LogP contribution is 2.06. The summed E-state index contributed by atoms with van der Waals surface area (Å²) in [6.45, 7) is 4.50. The minimum absolute atomic E-state index is 1.20. The Labute approximate surface area is 96.5 Å². The second kappa shape index (κ2) is 13.5. The van der Waals surface area contributed by atoms with Crippen molar-refractivity contribution in [1.29, 1.82) is 0 Å². The number of rotatable bonds is 10. The van der Waals surface area contributed by atoms with Crippen molar-refractivity contribution in [1.82, 2.24) is 0 Å². The number of hydrogen-bond donors (Lipinski definition) is 0. The molecule has 0 spiro atoms. The summed E-state index contributed by atoms with van der Waals surface area (Å²) in [5.74, 6) is 0. The van der Waals surface area contributed by atoms with Gasteiger partial charge in [0.15, 0.2) is 0 Å². The monoisotopic (exact) mass is 208 g/mol. The molecule has 0 bridgehead atoms. The van der Waals surface area contributed by atoms with E-state index < -0.39 is 0 Å². The third-order valence-electron chi connectivity index (χ3n) is 2.64. The fourth-order valence-electron chi connectivity index (χ4n) is 1.58. The predicted octanol–water partition coefficient (Wildman–Crippen LogP) is 5.64. The molecule has 0 radical (unpaired) electrons. The van der Waals surface area contributed by atoms with Gasteiger partial charge in [0.25, 0.3) is 0 Å². The van der Waals surface area contributed by atoms with E-state index in [2.05, 4.69) is 31.7 Å². The Hall–Kier alpha value is -0.480. The molecule has 15 heavy (non-hydrogen) atoms. The molecule has 0 aromatic heterocycles. The van der Waals surface area contributed by atoms with Gasteiger partial charge < -0.3 is 0 Å². The lowest BCUT2D eigenvalue weighted by atomic mass is 10.1. The third-order valence-corrected chi connectivity index (χ3v) is 2.64. The highest BCUT2D eigenvalue weighted by atomic mass is 13.9. The quantitative estimate of drug-likeness (QED) is 0.322. The lowest BCUT2D eigenvalue weighted by molar-refractivity contribution is 0.611. The molecule has 0 rings (SSSR count). The van der Waals surface area contributed by atoms with Crippen molar-refractivity contribution in [3.05, 3.63) is 17.9 Å². The Morgan fingerprint density at radius 1 is 0.667 bits per heavy atom. The second-order valence-corrected chi connectivity index (χ2v) is 4.27. The van der Waals surface area contributed by atoms with E-state index in [0.29, 0.717) is 0 Å². The first-order chi connectivity index (χ1) is 7.41. The fraction of sp³-hybridized carbons (Fsp3) is 0.800. The predicted molar refractivity (Wildman–Crippen MR) is 70.2 cm³/mol. The zero-order chi connectivity index (χ0) is 11.2. The van der Waals surface area contributed by atoms with E-state index in [0.717, 1.165) is 0 Å². The Kier molecular flexibility index (Phi) is 13.1. The number of unbranched alkanes of at least 4 members (excludes halogenated alkanes) is 8. The lowest BCUT2D eigenvalue weighted by Crippen LogP contribution is -1.77. The van der Waals surface area contributed by atoms with Gasteiger partial charge in [0.05, 0.1) is 0 Å². The molecule has 0 fully saturated rings. The minimum Gasteiger partial charge on any atom is -0.130 e. The van der Waals surface area contributed by atoms with Crippen molar-refractivity contribution in [2.45, 2.75) is 78.1 Å². The zero-order valence-electron chi connectivity index (χ0n) is 10.7.